The number of pyridine rings is 1. The second kappa shape index (κ2) is 6.21. The molecule has 1 atom stereocenters. The van der Waals surface area contributed by atoms with Gasteiger partial charge >= 0.3 is 0 Å². The fourth-order valence-electron chi connectivity index (χ4n) is 2.15. The zero-order valence-electron chi connectivity index (χ0n) is 10.8. The Kier molecular flexibility index (Phi) is 4.37. The number of hydrogen-bond donors (Lipinski definition) is 1. The van der Waals surface area contributed by atoms with E-state index in [0.29, 0.717) is 19.5 Å². The Morgan fingerprint density at radius 2 is 2.16 bits per heavy atom. The molecule has 0 aliphatic carbocycles. The number of rotatable bonds is 3. The number of carbonyl (C=O) groups excluding carboxylic acids is 1. The van der Waals surface area contributed by atoms with E-state index in [0.717, 1.165) is 18.9 Å². The van der Waals surface area contributed by atoms with Crippen molar-refractivity contribution in [3.8, 4) is 12.3 Å². The van der Waals surface area contributed by atoms with Gasteiger partial charge in [-0.15, -0.1) is 12.3 Å². The van der Waals surface area contributed by atoms with Gasteiger partial charge in [0.05, 0.1) is 6.04 Å². The number of nitrogens with two attached hydrogens (primary N) is 1. The molecule has 2 N–H and O–H groups in total. The number of amides is 1. The third-order valence-corrected chi connectivity index (χ3v) is 3.22. The van der Waals surface area contributed by atoms with Crippen molar-refractivity contribution < 1.29 is 4.79 Å². The van der Waals surface area contributed by atoms with Crippen molar-refractivity contribution in [2.75, 3.05) is 31.1 Å². The summed E-state index contributed by atoms with van der Waals surface area (Å²) in [7, 11) is 0. The van der Waals surface area contributed by atoms with Gasteiger partial charge in [-0.05, 0) is 12.1 Å². The van der Waals surface area contributed by atoms with E-state index in [1.165, 1.54) is 0 Å². The van der Waals surface area contributed by atoms with E-state index in [1.54, 1.807) is 11.1 Å². The van der Waals surface area contributed by atoms with E-state index < -0.39 is 6.04 Å². The number of carbonyl (C=O) groups is 1. The van der Waals surface area contributed by atoms with Crippen LogP contribution in [-0.4, -0.2) is 48.0 Å². The number of aromatic nitrogens is 1. The third kappa shape index (κ3) is 3.24. The maximum absolute atomic E-state index is 12.0. The summed E-state index contributed by atoms with van der Waals surface area (Å²) in [5.41, 5.74) is 5.74. The second-order valence-electron chi connectivity index (χ2n) is 4.52. The molecule has 5 heteroatoms. The minimum atomic E-state index is -0.577. The summed E-state index contributed by atoms with van der Waals surface area (Å²) in [6.07, 6.45) is 7.24. The Bertz CT molecular complexity index is 460. The number of nitrogens with zero attached hydrogens (tertiary/aromatic N) is 3. The molecule has 1 unspecified atom stereocenters. The minimum absolute atomic E-state index is 0.0568. The third-order valence-electron chi connectivity index (χ3n) is 3.22. The van der Waals surface area contributed by atoms with Gasteiger partial charge in [0.2, 0.25) is 5.91 Å². The Balaban J connectivity index is 1.89. The van der Waals surface area contributed by atoms with Crippen molar-refractivity contribution in [1.82, 2.24) is 9.88 Å². The summed E-state index contributed by atoms with van der Waals surface area (Å²) in [5.74, 6) is 3.32. The van der Waals surface area contributed by atoms with Crippen molar-refractivity contribution >= 4 is 11.7 Å². The maximum atomic E-state index is 12.0. The van der Waals surface area contributed by atoms with Gasteiger partial charge < -0.3 is 15.5 Å². The van der Waals surface area contributed by atoms with Gasteiger partial charge in [0.25, 0.3) is 0 Å². The van der Waals surface area contributed by atoms with Gasteiger partial charge in [0.15, 0.2) is 0 Å². The highest BCUT2D eigenvalue weighted by molar-refractivity contribution is 5.82. The summed E-state index contributed by atoms with van der Waals surface area (Å²) in [6.45, 7) is 2.86. The van der Waals surface area contributed by atoms with E-state index in [4.69, 9.17) is 12.2 Å². The molecule has 2 heterocycles. The first-order chi connectivity index (χ1) is 9.22. The molecule has 0 radical (unpaired) electrons. The van der Waals surface area contributed by atoms with Gasteiger partial charge in [-0.25, -0.2) is 4.98 Å². The quantitative estimate of drug-likeness (QED) is 0.780. The van der Waals surface area contributed by atoms with Crippen LogP contribution >= 0.6 is 0 Å². The fourth-order valence-corrected chi connectivity index (χ4v) is 2.15. The average Bonchev–Trinajstić information content (AvgIpc) is 2.48. The molecule has 1 aliphatic rings. The molecule has 19 heavy (non-hydrogen) atoms. The summed E-state index contributed by atoms with van der Waals surface area (Å²) >= 11 is 0. The van der Waals surface area contributed by atoms with E-state index in [1.807, 2.05) is 18.2 Å². The standard InChI is InChI=1S/C14H18N4O/c1-2-5-12(15)14(19)18-10-8-17(9-11-18)13-6-3-4-7-16-13/h1,3-4,6-7,12H,5,8-11,15H2. The smallest absolute Gasteiger partial charge is 0.240 e. The first-order valence-corrected chi connectivity index (χ1v) is 6.36. The van der Waals surface area contributed by atoms with Crippen molar-refractivity contribution in [3.05, 3.63) is 24.4 Å². The lowest BCUT2D eigenvalue weighted by atomic mass is 10.2. The highest BCUT2D eigenvalue weighted by atomic mass is 16.2. The van der Waals surface area contributed by atoms with Gasteiger partial charge in [0.1, 0.15) is 5.82 Å². The lowest BCUT2D eigenvalue weighted by Gasteiger charge is -2.36. The first-order valence-electron chi connectivity index (χ1n) is 6.36. The molecule has 1 aliphatic heterocycles. The first kappa shape index (κ1) is 13.4. The Morgan fingerprint density at radius 1 is 1.42 bits per heavy atom. The molecule has 1 aromatic heterocycles. The largest absolute Gasteiger partial charge is 0.353 e. The second-order valence-corrected chi connectivity index (χ2v) is 4.52. The van der Waals surface area contributed by atoms with Gasteiger partial charge in [-0.1, -0.05) is 6.07 Å². The molecule has 1 saturated heterocycles. The Hall–Kier alpha value is -2.06. The zero-order chi connectivity index (χ0) is 13.7. The topological polar surface area (TPSA) is 62.5 Å². The Morgan fingerprint density at radius 3 is 2.74 bits per heavy atom. The molecule has 0 bridgehead atoms. The summed E-state index contributed by atoms with van der Waals surface area (Å²) < 4.78 is 0. The summed E-state index contributed by atoms with van der Waals surface area (Å²) in [5, 5.41) is 0. The van der Waals surface area contributed by atoms with Crippen LogP contribution in [0.3, 0.4) is 0 Å². The molecule has 1 aromatic rings. The van der Waals surface area contributed by atoms with E-state index >= 15 is 0 Å². The molecular formula is C14H18N4O. The number of anilines is 1. The van der Waals surface area contributed by atoms with Crippen molar-refractivity contribution in [2.24, 2.45) is 5.73 Å². The lowest BCUT2D eigenvalue weighted by Crippen LogP contribution is -2.53. The molecule has 0 saturated carbocycles. The van der Waals surface area contributed by atoms with E-state index in [-0.39, 0.29) is 5.91 Å². The zero-order valence-corrected chi connectivity index (χ0v) is 10.8. The van der Waals surface area contributed by atoms with Crippen LogP contribution in [0.1, 0.15) is 6.42 Å². The van der Waals surface area contributed by atoms with Crippen molar-refractivity contribution in [1.29, 1.82) is 0 Å². The Labute approximate surface area is 113 Å². The molecule has 100 valence electrons. The molecule has 1 fully saturated rings. The summed E-state index contributed by atoms with van der Waals surface area (Å²) in [6, 6.07) is 5.25. The number of piperazine rings is 1. The number of hydrogen-bond acceptors (Lipinski definition) is 4. The molecule has 0 spiro atoms. The van der Waals surface area contributed by atoms with Crippen molar-refractivity contribution in [2.45, 2.75) is 12.5 Å². The minimum Gasteiger partial charge on any atom is -0.353 e. The van der Waals surface area contributed by atoms with Gasteiger partial charge in [0, 0.05) is 38.8 Å². The predicted octanol–water partition coefficient (Wildman–Crippen LogP) is 0.0808. The highest BCUT2D eigenvalue weighted by Crippen LogP contribution is 2.13. The normalized spacial score (nSPS) is 16.8. The highest BCUT2D eigenvalue weighted by Gasteiger charge is 2.25. The van der Waals surface area contributed by atoms with Crippen LogP contribution in [0.5, 0.6) is 0 Å². The van der Waals surface area contributed by atoms with Gasteiger partial charge in [-0.3, -0.25) is 4.79 Å². The molecule has 0 aromatic carbocycles. The van der Waals surface area contributed by atoms with Crippen LogP contribution in [0.25, 0.3) is 0 Å². The van der Waals surface area contributed by atoms with Crippen molar-refractivity contribution in [3.63, 3.8) is 0 Å². The molecular weight excluding hydrogens is 240 g/mol. The van der Waals surface area contributed by atoms with E-state index in [9.17, 15) is 4.79 Å². The predicted molar refractivity (Wildman–Crippen MR) is 74.5 cm³/mol. The van der Waals surface area contributed by atoms with Crippen LogP contribution in [0.2, 0.25) is 0 Å². The average molecular weight is 258 g/mol. The molecule has 5 nitrogen and oxygen atoms in total. The van der Waals surface area contributed by atoms with Crippen LogP contribution in [-0.2, 0) is 4.79 Å². The van der Waals surface area contributed by atoms with Crippen LogP contribution in [0.15, 0.2) is 24.4 Å². The van der Waals surface area contributed by atoms with Crippen LogP contribution in [0.4, 0.5) is 5.82 Å². The van der Waals surface area contributed by atoms with Crippen LogP contribution in [0, 0.1) is 12.3 Å². The SMILES string of the molecule is C#CCC(N)C(=O)N1CCN(c2ccccn2)CC1. The van der Waals surface area contributed by atoms with Gasteiger partial charge in [-0.2, -0.15) is 0 Å². The van der Waals surface area contributed by atoms with E-state index in [2.05, 4.69) is 15.8 Å². The monoisotopic (exact) mass is 258 g/mol. The summed E-state index contributed by atoms with van der Waals surface area (Å²) in [4.78, 5) is 20.3. The molecule has 1 amide bonds. The lowest BCUT2D eigenvalue weighted by molar-refractivity contribution is -0.132. The van der Waals surface area contributed by atoms with Crippen LogP contribution < -0.4 is 10.6 Å². The number of terminal acetylenes is 1. The maximum Gasteiger partial charge on any atom is 0.240 e. The fraction of sp³-hybridized carbons (Fsp3) is 0.429. The molecule has 2 rings (SSSR count).